The number of fused-ring (bicyclic) bond motifs is 1. The van der Waals surface area contributed by atoms with Gasteiger partial charge in [0.15, 0.2) is 0 Å². The number of ether oxygens (including phenoxy) is 1. The maximum atomic E-state index is 11.7. The van der Waals surface area contributed by atoms with Crippen LogP contribution in [0.15, 0.2) is 18.2 Å². The largest absolute Gasteiger partial charge is 0.462 e. The zero-order chi connectivity index (χ0) is 11.4. The fourth-order valence-electron chi connectivity index (χ4n) is 1.81. The van der Waals surface area contributed by atoms with Gasteiger partial charge in [0.2, 0.25) is 0 Å². The van der Waals surface area contributed by atoms with E-state index >= 15 is 0 Å². The standard InChI is InChI=1S/C13H17NO2/c1-2-3-8-16-13(15)11-5-4-10-6-7-14-12(10)9-11/h4-5,9,14H,2-3,6-8H2,1H3. The first kappa shape index (κ1) is 11.0. The van der Waals surface area contributed by atoms with Crippen molar-refractivity contribution in [1.29, 1.82) is 0 Å². The van der Waals surface area contributed by atoms with Crippen molar-refractivity contribution >= 4 is 11.7 Å². The lowest BCUT2D eigenvalue weighted by Crippen LogP contribution is -2.06. The number of unbranched alkanes of at least 4 members (excludes halogenated alkanes) is 1. The molecule has 0 aliphatic carbocycles. The molecule has 0 unspecified atom stereocenters. The predicted octanol–water partition coefficient (Wildman–Crippen LogP) is 2.61. The van der Waals surface area contributed by atoms with E-state index in [0.29, 0.717) is 12.2 Å². The summed E-state index contributed by atoms with van der Waals surface area (Å²) in [6.45, 7) is 3.55. The molecule has 0 saturated carbocycles. The number of rotatable bonds is 4. The fraction of sp³-hybridized carbons (Fsp3) is 0.462. The molecule has 3 nitrogen and oxygen atoms in total. The zero-order valence-electron chi connectivity index (χ0n) is 9.58. The average Bonchev–Trinajstić information content (AvgIpc) is 2.76. The lowest BCUT2D eigenvalue weighted by molar-refractivity contribution is 0.0500. The van der Waals surface area contributed by atoms with Crippen LogP contribution in [-0.4, -0.2) is 19.1 Å². The Bertz CT molecular complexity index is 388. The molecule has 3 heteroatoms. The van der Waals surface area contributed by atoms with Gasteiger partial charge in [-0.05, 0) is 30.5 Å². The summed E-state index contributed by atoms with van der Waals surface area (Å²) < 4.78 is 5.16. The highest BCUT2D eigenvalue weighted by atomic mass is 16.5. The maximum Gasteiger partial charge on any atom is 0.338 e. The number of benzene rings is 1. The number of carbonyl (C=O) groups excluding carboxylic acids is 1. The highest BCUT2D eigenvalue weighted by Crippen LogP contribution is 2.23. The molecule has 16 heavy (non-hydrogen) atoms. The molecule has 1 heterocycles. The van der Waals surface area contributed by atoms with E-state index in [1.54, 1.807) is 0 Å². The smallest absolute Gasteiger partial charge is 0.338 e. The average molecular weight is 219 g/mol. The van der Waals surface area contributed by atoms with Gasteiger partial charge in [0.1, 0.15) is 0 Å². The van der Waals surface area contributed by atoms with Crippen molar-refractivity contribution in [3.05, 3.63) is 29.3 Å². The van der Waals surface area contributed by atoms with Gasteiger partial charge >= 0.3 is 5.97 Å². The van der Waals surface area contributed by atoms with E-state index in [9.17, 15) is 4.79 Å². The van der Waals surface area contributed by atoms with Gasteiger partial charge in [-0.25, -0.2) is 4.79 Å². The third-order valence-corrected chi connectivity index (χ3v) is 2.79. The summed E-state index contributed by atoms with van der Waals surface area (Å²) in [5.41, 5.74) is 3.00. The van der Waals surface area contributed by atoms with Crippen molar-refractivity contribution < 1.29 is 9.53 Å². The Morgan fingerprint density at radius 3 is 3.19 bits per heavy atom. The van der Waals surface area contributed by atoms with E-state index in [-0.39, 0.29) is 5.97 Å². The number of esters is 1. The number of hydrogen-bond acceptors (Lipinski definition) is 3. The molecule has 0 spiro atoms. The van der Waals surface area contributed by atoms with Crippen molar-refractivity contribution in [1.82, 2.24) is 0 Å². The van der Waals surface area contributed by atoms with Crippen LogP contribution in [0.3, 0.4) is 0 Å². The minimum atomic E-state index is -0.218. The molecular weight excluding hydrogens is 202 g/mol. The Hall–Kier alpha value is -1.51. The molecule has 0 aromatic heterocycles. The summed E-state index contributed by atoms with van der Waals surface area (Å²) in [5, 5.41) is 3.25. The van der Waals surface area contributed by atoms with Crippen LogP contribution in [0.4, 0.5) is 5.69 Å². The van der Waals surface area contributed by atoms with Gasteiger partial charge in [-0.3, -0.25) is 0 Å². The fourth-order valence-corrected chi connectivity index (χ4v) is 1.81. The van der Waals surface area contributed by atoms with Crippen molar-refractivity contribution in [3.8, 4) is 0 Å². The number of nitrogens with one attached hydrogen (secondary N) is 1. The maximum absolute atomic E-state index is 11.7. The third kappa shape index (κ3) is 2.35. The Morgan fingerprint density at radius 2 is 2.38 bits per heavy atom. The van der Waals surface area contributed by atoms with Gasteiger partial charge in [-0.1, -0.05) is 19.4 Å². The van der Waals surface area contributed by atoms with Crippen LogP contribution in [0.25, 0.3) is 0 Å². The van der Waals surface area contributed by atoms with Crippen molar-refractivity contribution in [2.45, 2.75) is 26.2 Å². The van der Waals surface area contributed by atoms with E-state index in [2.05, 4.69) is 12.2 Å². The van der Waals surface area contributed by atoms with Crippen LogP contribution in [0.1, 0.15) is 35.7 Å². The van der Waals surface area contributed by atoms with Crippen molar-refractivity contribution in [2.24, 2.45) is 0 Å². The van der Waals surface area contributed by atoms with Gasteiger partial charge in [0, 0.05) is 12.2 Å². The zero-order valence-corrected chi connectivity index (χ0v) is 9.58. The molecule has 1 aliphatic heterocycles. The molecule has 86 valence electrons. The molecule has 1 N–H and O–H groups in total. The van der Waals surface area contributed by atoms with E-state index in [0.717, 1.165) is 31.5 Å². The predicted molar refractivity (Wildman–Crippen MR) is 63.8 cm³/mol. The van der Waals surface area contributed by atoms with Gasteiger partial charge < -0.3 is 10.1 Å². The van der Waals surface area contributed by atoms with Gasteiger partial charge in [0.25, 0.3) is 0 Å². The molecule has 0 bridgehead atoms. The van der Waals surface area contributed by atoms with Crippen LogP contribution >= 0.6 is 0 Å². The molecule has 2 rings (SSSR count). The van der Waals surface area contributed by atoms with Crippen molar-refractivity contribution in [2.75, 3.05) is 18.5 Å². The van der Waals surface area contributed by atoms with Crippen LogP contribution < -0.4 is 5.32 Å². The second-order valence-electron chi connectivity index (χ2n) is 4.04. The lowest BCUT2D eigenvalue weighted by atomic mass is 10.1. The molecule has 0 fully saturated rings. The highest BCUT2D eigenvalue weighted by molar-refractivity contribution is 5.91. The minimum absolute atomic E-state index is 0.218. The number of carbonyl (C=O) groups is 1. The summed E-state index contributed by atoms with van der Waals surface area (Å²) in [5.74, 6) is -0.218. The molecule has 1 aliphatic rings. The number of anilines is 1. The first-order valence-electron chi connectivity index (χ1n) is 5.85. The van der Waals surface area contributed by atoms with Gasteiger partial charge in [-0.15, -0.1) is 0 Å². The van der Waals surface area contributed by atoms with E-state index in [1.165, 1.54) is 5.56 Å². The summed E-state index contributed by atoms with van der Waals surface area (Å²) in [6.07, 6.45) is 3.01. The first-order chi connectivity index (χ1) is 7.81. The highest BCUT2D eigenvalue weighted by Gasteiger charge is 2.13. The number of hydrogen-bond donors (Lipinski definition) is 1. The Kier molecular flexibility index (Phi) is 3.44. The van der Waals surface area contributed by atoms with Crippen LogP contribution in [-0.2, 0) is 11.2 Å². The minimum Gasteiger partial charge on any atom is -0.462 e. The Labute approximate surface area is 95.8 Å². The quantitative estimate of drug-likeness (QED) is 0.625. The Morgan fingerprint density at radius 1 is 1.50 bits per heavy atom. The normalized spacial score (nSPS) is 13.1. The summed E-state index contributed by atoms with van der Waals surface area (Å²) in [6, 6.07) is 5.74. The molecule has 0 atom stereocenters. The SMILES string of the molecule is CCCCOC(=O)c1ccc2c(c1)NCC2. The van der Waals surface area contributed by atoms with Crippen LogP contribution in [0.5, 0.6) is 0 Å². The van der Waals surface area contributed by atoms with E-state index in [4.69, 9.17) is 4.74 Å². The van der Waals surface area contributed by atoms with Gasteiger partial charge in [0.05, 0.1) is 12.2 Å². The topological polar surface area (TPSA) is 38.3 Å². The van der Waals surface area contributed by atoms with Crippen LogP contribution in [0, 0.1) is 0 Å². The molecule has 1 aromatic rings. The third-order valence-electron chi connectivity index (χ3n) is 2.79. The van der Waals surface area contributed by atoms with E-state index < -0.39 is 0 Å². The van der Waals surface area contributed by atoms with Crippen molar-refractivity contribution in [3.63, 3.8) is 0 Å². The summed E-state index contributed by atoms with van der Waals surface area (Å²) in [7, 11) is 0. The molecular formula is C13H17NO2. The molecule has 0 radical (unpaired) electrons. The molecule has 0 amide bonds. The second-order valence-corrected chi connectivity index (χ2v) is 4.04. The van der Waals surface area contributed by atoms with Gasteiger partial charge in [-0.2, -0.15) is 0 Å². The van der Waals surface area contributed by atoms with Crippen LogP contribution in [0.2, 0.25) is 0 Å². The second kappa shape index (κ2) is 5.01. The lowest BCUT2D eigenvalue weighted by Gasteiger charge is -2.05. The molecule has 1 aromatic carbocycles. The van der Waals surface area contributed by atoms with E-state index in [1.807, 2.05) is 18.2 Å². The Balaban J connectivity index is 2.01. The summed E-state index contributed by atoms with van der Waals surface area (Å²) >= 11 is 0. The monoisotopic (exact) mass is 219 g/mol. The molecule has 0 saturated heterocycles. The first-order valence-corrected chi connectivity index (χ1v) is 5.85. The summed E-state index contributed by atoms with van der Waals surface area (Å²) in [4.78, 5) is 11.7.